The van der Waals surface area contributed by atoms with Crippen molar-refractivity contribution >= 4 is 8.80 Å². The number of rotatable bonds is 6. The third kappa shape index (κ3) is 3.87. The van der Waals surface area contributed by atoms with Gasteiger partial charge in [0.1, 0.15) is 0 Å². The van der Waals surface area contributed by atoms with E-state index in [1.54, 1.807) is 27.2 Å². The fourth-order valence-electron chi connectivity index (χ4n) is 2.19. The summed E-state index contributed by atoms with van der Waals surface area (Å²) in [5, 5.41) is 0. The summed E-state index contributed by atoms with van der Waals surface area (Å²) in [7, 11) is 2.73. The highest BCUT2D eigenvalue weighted by Gasteiger charge is 2.38. The standard InChI is InChI=1S/C11H23O3Si/c1-12-15(13-2,14-3)10-9-11-7-5-4-6-8-11/h4-10H2,1-3H3. The molecule has 0 amide bonds. The van der Waals surface area contributed by atoms with Gasteiger partial charge in [0.2, 0.25) is 0 Å². The molecule has 4 heteroatoms. The second kappa shape index (κ2) is 6.63. The summed E-state index contributed by atoms with van der Waals surface area (Å²) in [6, 6.07) is 0.922. The van der Waals surface area contributed by atoms with Crippen LogP contribution in [0.1, 0.15) is 38.5 Å². The molecule has 0 unspecified atom stereocenters. The lowest BCUT2D eigenvalue weighted by Crippen LogP contribution is -2.42. The minimum Gasteiger partial charge on any atom is -0.377 e. The summed E-state index contributed by atoms with van der Waals surface area (Å²) in [6.07, 6.45) is 7.81. The second-order valence-electron chi connectivity index (χ2n) is 4.11. The Labute approximate surface area is 94.5 Å². The molecule has 1 radical (unpaired) electrons. The summed E-state index contributed by atoms with van der Waals surface area (Å²) < 4.78 is 16.2. The summed E-state index contributed by atoms with van der Waals surface area (Å²) in [6.45, 7) is 0. The van der Waals surface area contributed by atoms with E-state index in [9.17, 15) is 0 Å². The Morgan fingerprint density at radius 3 is 1.93 bits per heavy atom. The topological polar surface area (TPSA) is 27.7 Å². The molecule has 1 rings (SSSR count). The zero-order valence-corrected chi connectivity index (χ0v) is 11.2. The second-order valence-corrected chi connectivity index (χ2v) is 7.20. The van der Waals surface area contributed by atoms with E-state index in [0.717, 1.165) is 12.5 Å². The lowest BCUT2D eigenvalue weighted by atomic mass is 9.88. The molecule has 0 spiro atoms. The van der Waals surface area contributed by atoms with Crippen LogP contribution in [0.25, 0.3) is 0 Å². The predicted molar refractivity (Wildman–Crippen MR) is 62.5 cm³/mol. The maximum absolute atomic E-state index is 5.41. The molecule has 89 valence electrons. The molecular weight excluding hydrogens is 208 g/mol. The van der Waals surface area contributed by atoms with Crippen LogP contribution in [0.3, 0.4) is 0 Å². The van der Waals surface area contributed by atoms with Crippen molar-refractivity contribution in [3.05, 3.63) is 5.92 Å². The first kappa shape index (κ1) is 13.2. The van der Waals surface area contributed by atoms with Crippen molar-refractivity contribution in [3.63, 3.8) is 0 Å². The van der Waals surface area contributed by atoms with Gasteiger partial charge in [0, 0.05) is 27.4 Å². The molecule has 1 fully saturated rings. The minimum atomic E-state index is -2.32. The van der Waals surface area contributed by atoms with E-state index in [0.29, 0.717) is 0 Å². The summed E-state index contributed by atoms with van der Waals surface area (Å²) in [5.74, 6) is 1.67. The molecule has 0 aliphatic heterocycles. The van der Waals surface area contributed by atoms with E-state index in [4.69, 9.17) is 13.3 Å². The molecule has 15 heavy (non-hydrogen) atoms. The fourth-order valence-corrected chi connectivity index (χ4v) is 3.96. The van der Waals surface area contributed by atoms with Crippen molar-refractivity contribution in [1.29, 1.82) is 0 Å². The maximum Gasteiger partial charge on any atom is 0.500 e. The Balaban J connectivity index is 2.31. The number of hydrogen-bond acceptors (Lipinski definition) is 3. The van der Waals surface area contributed by atoms with Crippen molar-refractivity contribution in [3.8, 4) is 0 Å². The predicted octanol–water partition coefficient (Wildman–Crippen LogP) is 2.79. The van der Waals surface area contributed by atoms with Crippen LogP contribution in [-0.4, -0.2) is 30.1 Å². The van der Waals surface area contributed by atoms with E-state index in [1.807, 2.05) is 0 Å². The van der Waals surface area contributed by atoms with Gasteiger partial charge in [0.25, 0.3) is 0 Å². The van der Waals surface area contributed by atoms with Gasteiger partial charge in [-0.1, -0.05) is 19.3 Å². The molecule has 0 atom stereocenters. The van der Waals surface area contributed by atoms with Gasteiger partial charge in [-0.05, 0) is 25.2 Å². The van der Waals surface area contributed by atoms with E-state index >= 15 is 0 Å². The molecule has 0 aromatic heterocycles. The fraction of sp³-hybridized carbons (Fsp3) is 0.909. The Hall–Kier alpha value is 0.0969. The zero-order chi connectivity index (χ0) is 11.1. The monoisotopic (exact) mass is 231 g/mol. The van der Waals surface area contributed by atoms with Crippen LogP contribution in [0, 0.1) is 5.92 Å². The van der Waals surface area contributed by atoms with Crippen molar-refractivity contribution in [2.24, 2.45) is 0 Å². The lowest BCUT2D eigenvalue weighted by molar-refractivity contribution is 0.123. The molecular formula is C11H23O3Si. The van der Waals surface area contributed by atoms with Crippen LogP contribution in [-0.2, 0) is 13.3 Å². The molecule has 0 aromatic carbocycles. The maximum atomic E-state index is 5.41. The summed E-state index contributed by atoms with van der Waals surface area (Å²) >= 11 is 0. The normalized spacial score (nSPS) is 19.4. The van der Waals surface area contributed by atoms with Gasteiger partial charge in [0.05, 0.1) is 0 Å². The van der Waals surface area contributed by atoms with E-state index in [1.165, 1.54) is 32.1 Å². The highest BCUT2D eigenvalue weighted by molar-refractivity contribution is 6.60. The first-order valence-corrected chi connectivity index (χ1v) is 7.68. The largest absolute Gasteiger partial charge is 0.500 e. The Morgan fingerprint density at radius 1 is 0.933 bits per heavy atom. The molecule has 0 saturated heterocycles. The third-order valence-corrected chi connectivity index (χ3v) is 6.01. The lowest BCUT2D eigenvalue weighted by Gasteiger charge is -2.27. The average molecular weight is 231 g/mol. The van der Waals surface area contributed by atoms with Gasteiger partial charge < -0.3 is 13.3 Å². The van der Waals surface area contributed by atoms with Crippen LogP contribution in [0.2, 0.25) is 6.04 Å². The summed E-state index contributed by atoms with van der Waals surface area (Å²) in [5.41, 5.74) is 0. The minimum absolute atomic E-state index is 0.922. The van der Waals surface area contributed by atoms with Crippen LogP contribution in [0.15, 0.2) is 0 Å². The van der Waals surface area contributed by atoms with Crippen LogP contribution in [0.5, 0.6) is 0 Å². The van der Waals surface area contributed by atoms with Crippen LogP contribution >= 0.6 is 0 Å². The molecule has 0 aromatic rings. The Morgan fingerprint density at radius 2 is 1.47 bits per heavy atom. The zero-order valence-electron chi connectivity index (χ0n) is 10.2. The van der Waals surface area contributed by atoms with Crippen molar-refractivity contribution in [2.45, 2.75) is 44.6 Å². The van der Waals surface area contributed by atoms with Crippen molar-refractivity contribution in [2.75, 3.05) is 21.3 Å². The van der Waals surface area contributed by atoms with E-state index < -0.39 is 8.80 Å². The van der Waals surface area contributed by atoms with Gasteiger partial charge in [-0.3, -0.25) is 0 Å². The third-order valence-electron chi connectivity index (χ3n) is 3.28. The van der Waals surface area contributed by atoms with Crippen LogP contribution < -0.4 is 0 Å². The first-order valence-electron chi connectivity index (χ1n) is 5.75. The summed E-state index contributed by atoms with van der Waals surface area (Å²) in [4.78, 5) is 0. The highest BCUT2D eigenvalue weighted by Crippen LogP contribution is 2.31. The molecule has 1 aliphatic rings. The van der Waals surface area contributed by atoms with E-state index in [2.05, 4.69) is 0 Å². The number of hydrogen-bond donors (Lipinski definition) is 0. The highest BCUT2D eigenvalue weighted by atomic mass is 28.4. The quantitative estimate of drug-likeness (QED) is 0.658. The smallest absolute Gasteiger partial charge is 0.377 e. The SMILES string of the molecule is CO[Si](CC[C]1CCCCC1)(OC)OC. The Kier molecular flexibility index (Phi) is 5.82. The average Bonchev–Trinajstić information content (AvgIpc) is 2.33. The molecule has 3 nitrogen and oxygen atoms in total. The molecule has 0 N–H and O–H groups in total. The van der Waals surface area contributed by atoms with Gasteiger partial charge in [-0.15, -0.1) is 0 Å². The van der Waals surface area contributed by atoms with Gasteiger partial charge in [-0.2, -0.15) is 0 Å². The first-order chi connectivity index (χ1) is 7.26. The van der Waals surface area contributed by atoms with Gasteiger partial charge in [-0.25, -0.2) is 0 Å². The van der Waals surface area contributed by atoms with E-state index in [-0.39, 0.29) is 0 Å². The molecule has 0 bridgehead atoms. The van der Waals surface area contributed by atoms with Crippen molar-refractivity contribution in [1.82, 2.24) is 0 Å². The molecule has 1 saturated carbocycles. The Bertz CT molecular complexity index is 157. The molecule has 1 aliphatic carbocycles. The van der Waals surface area contributed by atoms with Crippen LogP contribution in [0.4, 0.5) is 0 Å². The molecule has 0 heterocycles. The van der Waals surface area contributed by atoms with Gasteiger partial charge in [0.15, 0.2) is 0 Å². The van der Waals surface area contributed by atoms with Crippen molar-refractivity contribution < 1.29 is 13.3 Å². The van der Waals surface area contributed by atoms with Gasteiger partial charge >= 0.3 is 8.80 Å².